The van der Waals surface area contributed by atoms with Gasteiger partial charge in [0.1, 0.15) is 5.75 Å². The number of phenols is 1. The van der Waals surface area contributed by atoms with Crippen molar-refractivity contribution in [3.05, 3.63) is 29.3 Å². The molecule has 4 heteroatoms. The summed E-state index contributed by atoms with van der Waals surface area (Å²) in [5.74, 6) is 1.91. The molecule has 24 heavy (non-hydrogen) atoms. The lowest BCUT2D eigenvalue weighted by Gasteiger charge is -2.53. The Morgan fingerprint density at radius 1 is 1.38 bits per heavy atom. The highest BCUT2D eigenvalue weighted by Crippen LogP contribution is 2.62. The van der Waals surface area contributed by atoms with Gasteiger partial charge in [0, 0.05) is 21.9 Å². The van der Waals surface area contributed by atoms with Gasteiger partial charge in [-0.25, -0.2) is 0 Å². The van der Waals surface area contributed by atoms with Crippen LogP contribution in [0.25, 0.3) is 0 Å². The van der Waals surface area contributed by atoms with Crippen LogP contribution in [0.2, 0.25) is 0 Å². The molecule has 2 fully saturated rings. The number of aromatic hydroxyl groups is 1. The number of fused-ring (bicyclic) bond motifs is 5. The van der Waals surface area contributed by atoms with Gasteiger partial charge in [0.2, 0.25) is 0 Å². The Balaban J connectivity index is 1.77. The molecule has 0 amide bonds. The van der Waals surface area contributed by atoms with Gasteiger partial charge in [-0.2, -0.15) is 0 Å². The Kier molecular flexibility index (Phi) is 4.37. The first-order valence-electron chi connectivity index (χ1n) is 9.21. The Morgan fingerprint density at radius 3 is 2.92 bits per heavy atom. The third-order valence-corrected chi connectivity index (χ3v) is 8.17. The number of phenolic OH excluding ortho intramolecular Hbond substituents is 1. The van der Waals surface area contributed by atoms with Crippen LogP contribution >= 0.6 is 22.6 Å². The van der Waals surface area contributed by atoms with Crippen molar-refractivity contribution in [1.29, 1.82) is 0 Å². The second-order valence-electron chi connectivity index (χ2n) is 8.12. The van der Waals surface area contributed by atoms with Crippen LogP contribution in [0, 0.1) is 17.3 Å². The Hall–Kier alpha value is -0.330. The van der Waals surface area contributed by atoms with Gasteiger partial charge in [-0.15, -0.1) is 0 Å². The molecular formula is C20H27IO3. The van der Waals surface area contributed by atoms with E-state index >= 15 is 0 Å². The number of aryl methyl sites for hydroxylation is 1. The molecule has 0 aromatic heterocycles. The summed E-state index contributed by atoms with van der Waals surface area (Å²) in [6.45, 7) is 5.07. The minimum atomic E-state index is -0.228. The van der Waals surface area contributed by atoms with Crippen molar-refractivity contribution in [2.75, 3.05) is 6.61 Å². The van der Waals surface area contributed by atoms with E-state index in [-0.39, 0.29) is 17.6 Å². The lowest BCUT2D eigenvalue weighted by molar-refractivity contribution is -0.102. The van der Waals surface area contributed by atoms with Crippen LogP contribution in [0.4, 0.5) is 0 Å². The summed E-state index contributed by atoms with van der Waals surface area (Å²) in [6.07, 6.45) is 4.16. The standard InChI is InChI=1S/C20H27IO3/c1-3-24-17-10-20(2)15(9-16(21)19(20)23)14-6-4-11-8-12(22)5-7-13(11)18(14)17/h5,7-8,14-19,22-23H,3-4,6,9-10H2,1-2H3/t14-,15-,16+,17-,18+,19-,20-/m0/s1. The third-order valence-electron chi connectivity index (χ3n) is 6.98. The number of aliphatic hydroxyl groups is 1. The van der Waals surface area contributed by atoms with E-state index < -0.39 is 0 Å². The van der Waals surface area contributed by atoms with Crippen molar-refractivity contribution >= 4 is 22.6 Å². The van der Waals surface area contributed by atoms with Crippen molar-refractivity contribution in [3.63, 3.8) is 0 Å². The van der Waals surface area contributed by atoms with Crippen LogP contribution in [0.3, 0.4) is 0 Å². The summed E-state index contributed by atoms with van der Waals surface area (Å²) >= 11 is 2.45. The Morgan fingerprint density at radius 2 is 2.17 bits per heavy atom. The van der Waals surface area contributed by atoms with E-state index in [0.29, 0.717) is 34.0 Å². The summed E-state index contributed by atoms with van der Waals surface area (Å²) in [5.41, 5.74) is 2.63. The maximum absolute atomic E-state index is 10.9. The SMILES string of the molecule is CCO[C@H]1C[C@]2(C)[C@@H](O)[C@H](I)C[C@H]2[C@@H]2CCc3cc(O)ccc3[C@H]21. The summed E-state index contributed by atoms with van der Waals surface area (Å²) < 4.78 is 6.57. The highest BCUT2D eigenvalue weighted by molar-refractivity contribution is 14.1. The monoisotopic (exact) mass is 442 g/mol. The topological polar surface area (TPSA) is 49.7 Å². The second-order valence-corrected chi connectivity index (χ2v) is 9.72. The van der Waals surface area contributed by atoms with E-state index in [2.05, 4.69) is 42.5 Å². The van der Waals surface area contributed by atoms with Gasteiger partial charge < -0.3 is 14.9 Å². The summed E-state index contributed by atoms with van der Waals surface area (Å²) in [7, 11) is 0. The lowest BCUT2D eigenvalue weighted by atomic mass is 9.54. The maximum Gasteiger partial charge on any atom is 0.115 e. The minimum Gasteiger partial charge on any atom is -0.508 e. The predicted octanol–water partition coefficient (Wildman–Crippen LogP) is 4.04. The van der Waals surface area contributed by atoms with Crippen LogP contribution in [-0.4, -0.2) is 33.0 Å². The fourth-order valence-corrected chi connectivity index (χ4v) is 7.31. The number of benzene rings is 1. The zero-order chi connectivity index (χ0) is 17.1. The van der Waals surface area contributed by atoms with Crippen molar-refractivity contribution in [1.82, 2.24) is 0 Å². The molecule has 3 nitrogen and oxygen atoms in total. The molecule has 132 valence electrons. The van der Waals surface area contributed by atoms with Crippen molar-refractivity contribution in [3.8, 4) is 5.75 Å². The van der Waals surface area contributed by atoms with Crippen molar-refractivity contribution in [2.24, 2.45) is 17.3 Å². The third kappa shape index (κ3) is 2.43. The highest BCUT2D eigenvalue weighted by atomic mass is 127. The fraction of sp³-hybridized carbons (Fsp3) is 0.700. The zero-order valence-corrected chi connectivity index (χ0v) is 16.6. The van der Waals surface area contributed by atoms with Crippen molar-refractivity contribution < 1.29 is 14.9 Å². The lowest BCUT2D eigenvalue weighted by Crippen LogP contribution is -2.51. The number of hydrogen-bond donors (Lipinski definition) is 2. The summed E-state index contributed by atoms with van der Waals surface area (Å²) in [4.78, 5) is 0. The average molecular weight is 442 g/mol. The molecule has 0 bridgehead atoms. The molecule has 1 aromatic carbocycles. The highest BCUT2D eigenvalue weighted by Gasteiger charge is 2.60. The quantitative estimate of drug-likeness (QED) is 0.537. The molecule has 0 aliphatic heterocycles. The first kappa shape index (κ1) is 17.1. The van der Waals surface area contributed by atoms with Gasteiger partial charge in [0.05, 0.1) is 12.2 Å². The number of halogens is 1. The van der Waals surface area contributed by atoms with Gasteiger partial charge in [-0.05, 0) is 67.7 Å². The molecule has 7 atom stereocenters. The van der Waals surface area contributed by atoms with E-state index in [4.69, 9.17) is 4.74 Å². The Bertz CT molecular complexity index is 633. The van der Waals surface area contributed by atoms with Crippen LogP contribution in [0.15, 0.2) is 18.2 Å². The molecule has 3 aliphatic rings. The molecule has 0 unspecified atom stereocenters. The maximum atomic E-state index is 10.9. The van der Waals surface area contributed by atoms with Crippen LogP contribution in [-0.2, 0) is 11.2 Å². The van der Waals surface area contributed by atoms with E-state index in [9.17, 15) is 10.2 Å². The molecule has 0 saturated heterocycles. The number of rotatable bonds is 2. The predicted molar refractivity (Wildman–Crippen MR) is 103 cm³/mol. The molecule has 2 N–H and O–H groups in total. The first-order chi connectivity index (χ1) is 11.5. The largest absolute Gasteiger partial charge is 0.508 e. The number of aliphatic hydroxyl groups excluding tert-OH is 1. The van der Waals surface area contributed by atoms with E-state index in [1.54, 1.807) is 0 Å². The molecule has 2 saturated carbocycles. The Labute approximate surface area is 157 Å². The minimum absolute atomic E-state index is 0.0265. The number of alkyl halides is 1. The van der Waals surface area contributed by atoms with E-state index in [1.165, 1.54) is 11.1 Å². The number of ether oxygens (including phenoxy) is 1. The fourth-order valence-electron chi connectivity index (χ4n) is 5.94. The molecule has 4 rings (SSSR count). The number of hydrogen-bond acceptors (Lipinski definition) is 3. The van der Waals surface area contributed by atoms with Crippen LogP contribution in [0.1, 0.15) is 50.2 Å². The molecular weight excluding hydrogens is 415 g/mol. The zero-order valence-electron chi connectivity index (χ0n) is 14.4. The molecule has 3 aliphatic carbocycles. The summed E-state index contributed by atoms with van der Waals surface area (Å²) in [5, 5.41) is 20.7. The van der Waals surface area contributed by atoms with Crippen molar-refractivity contribution in [2.45, 2.75) is 61.6 Å². The van der Waals surface area contributed by atoms with Gasteiger partial charge in [-0.1, -0.05) is 35.6 Å². The molecule has 0 radical (unpaired) electrons. The van der Waals surface area contributed by atoms with Crippen LogP contribution in [0.5, 0.6) is 5.75 Å². The van der Waals surface area contributed by atoms with Gasteiger partial charge in [0.15, 0.2) is 0 Å². The molecule has 0 heterocycles. The van der Waals surface area contributed by atoms with E-state index in [1.807, 2.05) is 12.1 Å². The van der Waals surface area contributed by atoms with Gasteiger partial charge in [0.25, 0.3) is 0 Å². The summed E-state index contributed by atoms with van der Waals surface area (Å²) in [6, 6.07) is 5.87. The second kappa shape index (κ2) is 6.13. The molecule has 1 aromatic rings. The molecule has 0 spiro atoms. The van der Waals surface area contributed by atoms with Gasteiger partial charge in [-0.3, -0.25) is 0 Å². The smallest absolute Gasteiger partial charge is 0.115 e. The normalized spacial score (nSPS) is 43.8. The van der Waals surface area contributed by atoms with Gasteiger partial charge >= 0.3 is 0 Å². The average Bonchev–Trinajstić information content (AvgIpc) is 2.78. The van der Waals surface area contributed by atoms with Crippen LogP contribution < -0.4 is 0 Å². The first-order valence-corrected chi connectivity index (χ1v) is 10.5. The van der Waals surface area contributed by atoms with E-state index in [0.717, 1.165) is 25.7 Å².